The highest BCUT2D eigenvalue weighted by Gasteiger charge is 2.28. The summed E-state index contributed by atoms with van der Waals surface area (Å²) in [7, 11) is 1.58. The van der Waals surface area contributed by atoms with Crippen LogP contribution in [0, 0.1) is 0 Å². The summed E-state index contributed by atoms with van der Waals surface area (Å²) >= 11 is 0. The van der Waals surface area contributed by atoms with Crippen molar-refractivity contribution < 1.29 is 4.74 Å². The largest absolute Gasteiger partial charge is 0.480 e. The number of hydrogen-bond donors (Lipinski definition) is 1. The van der Waals surface area contributed by atoms with Gasteiger partial charge in [0.15, 0.2) is 0 Å². The second kappa shape index (κ2) is 4.37. The molecule has 1 aromatic heterocycles. The zero-order chi connectivity index (χ0) is 10.6. The minimum atomic E-state index is -0.431. The molecule has 1 rings (SSSR count). The Hall–Kier alpha value is -1.16. The van der Waals surface area contributed by atoms with Gasteiger partial charge in [-0.2, -0.15) is 0 Å². The molecule has 0 saturated heterocycles. The van der Waals surface area contributed by atoms with Crippen molar-refractivity contribution in [3.63, 3.8) is 0 Å². The van der Waals surface area contributed by atoms with Crippen molar-refractivity contribution in [1.82, 2.24) is 9.97 Å². The van der Waals surface area contributed by atoms with Gasteiger partial charge in [-0.3, -0.25) is 4.98 Å². The molecule has 4 heteroatoms. The third-order valence-electron chi connectivity index (χ3n) is 2.59. The summed E-state index contributed by atoms with van der Waals surface area (Å²) < 4.78 is 5.14. The van der Waals surface area contributed by atoms with Gasteiger partial charge >= 0.3 is 0 Å². The summed E-state index contributed by atoms with van der Waals surface area (Å²) in [5.74, 6) is 0.527. The minimum absolute atomic E-state index is 0.431. The van der Waals surface area contributed by atoms with E-state index in [-0.39, 0.29) is 0 Å². The van der Waals surface area contributed by atoms with Crippen LogP contribution in [0.15, 0.2) is 12.4 Å². The second-order valence-corrected chi connectivity index (χ2v) is 3.28. The van der Waals surface area contributed by atoms with Gasteiger partial charge in [-0.05, 0) is 12.8 Å². The van der Waals surface area contributed by atoms with E-state index in [9.17, 15) is 0 Å². The number of methoxy groups -OCH3 is 1. The van der Waals surface area contributed by atoms with E-state index in [4.69, 9.17) is 10.5 Å². The summed E-state index contributed by atoms with van der Waals surface area (Å²) in [6.07, 6.45) is 4.88. The zero-order valence-corrected chi connectivity index (χ0v) is 8.95. The van der Waals surface area contributed by atoms with Crippen LogP contribution in [0.5, 0.6) is 5.88 Å². The Kier molecular flexibility index (Phi) is 3.41. The van der Waals surface area contributed by atoms with E-state index >= 15 is 0 Å². The quantitative estimate of drug-likeness (QED) is 0.790. The SMILES string of the molecule is CCC(N)(CC)c1nccnc1OC. The van der Waals surface area contributed by atoms with Crippen LogP contribution in [-0.2, 0) is 5.54 Å². The third kappa shape index (κ3) is 1.85. The van der Waals surface area contributed by atoms with Gasteiger partial charge in [0.25, 0.3) is 0 Å². The molecule has 0 amide bonds. The van der Waals surface area contributed by atoms with E-state index < -0.39 is 5.54 Å². The Bertz CT molecular complexity index is 297. The molecule has 0 aliphatic heterocycles. The van der Waals surface area contributed by atoms with E-state index in [2.05, 4.69) is 9.97 Å². The fourth-order valence-electron chi connectivity index (χ4n) is 1.40. The molecule has 0 aliphatic rings. The molecule has 0 aliphatic carbocycles. The highest BCUT2D eigenvalue weighted by molar-refractivity contribution is 5.25. The summed E-state index contributed by atoms with van der Waals surface area (Å²) in [6.45, 7) is 4.08. The predicted octanol–water partition coefficient (Wildman–Crippen LogP) is 1.46. The lowest BCUT2D eigenvalue weighted by Gasteiger charge is -2.26. The highest BCUT2D eigenvalue weighted by atomic mass is 16.5. The summed E-state index contributed by atoms with van der Waals surface area (Å²) in [4.78, 5) is 8.35. The molecule has 0 aromatic carbocycles. The summed E-state index contributed by atoms with van der Waals surface area (Å²) in [5.41, 5.74) is 6.52. The molecule has 0 spiro atoms. The first-order valence-corrected chi connectivity index (χ1v) is 4.82. The topological polar surface area (TPSA) is 61.0 Å². The Morgan fingerprint density at radius 1 is 1.29 bits per heavy atom. The molecular formula is C10H17N3O. The Balaban J connectivity index is 3.15. The number of nitrogens with two attached hydrogens (primary N) is 1. The van der Waals surface area contributed by atoms with E-state index in [0.717, 1.165) is 18.5 Å². The number of hydrogen-bond acceptors (Lipinski definition) is 4. The van der Waals surface area contributed by atoms with Crippen molar-refractivity contribution in [3.8, 4) is 5.88 Å². The first-order chi connectivity index (χ1) is 6.68. The third-order valence-corrected chi connectivity index (χ3v) is 2.59. The first kappa shape index (κ1) is 10.9. The van der Waals surface area contributed by atoms with E-state index in [0.29, 0.717) is 5.88 Å². The number of aromatic nitrogens is 2. The monoisotopic (exact) mass is 195 g/mol. The van der Waals surface area contributed by atoms with E-state index in [1.54, 1.807) is 19.5 Å². The van der Waals surface area contributed by atoms with Crippen LogP contribution in [0.4, 0.5) is 0 Å². The lowest BCUT2D eigenvalue weighted by molar-refractivity contribution is 0.341. The lowest BCUT2D eigenvalue weighted by Crippen LogP contribution is -2.36. The first-order valence-electron chi connectivity index (χ1n) is 4.82. The van der Waals surface area contributed by atoms with Crippen molar-refractivity contribution in [2.24, 2.45) is 5.73 Å². The molecule has 0 saturated carbocycles. The molecule has 78 valence electrons. The molecule has 0 radical (unpaired) electrons. The Morgan fingerprint density at radius 2 is 1.86 bits per heavy atom. The van der Waals surface area contributed by atoms with Gasteiger partial charge in [-0.1, -0.05) is 13.8 Å². The molecule has 14 heavy (non-hydrogen) atoms. The fraction of sp³-hybridized carbons (Fsp3) is 0.600. The van der Waals surface area contributed by atoms with Gasteiger partial charge in [0.05, 0.1) is 12.6 Å². The molecule has 1 heterocycles. The minimum Gasteiger partial charge on any atom is -0.480 e. The van der Waals surface area contributed by atoms with Crippen molar-refractivity contribution in [2.45, 2.75) is 32.2 Å². The van der Waals surface area contributed by atoms with Crippen molar-refractivity contribution in [3.05, 3.63) is 18.1 Å². The van der Waals surface area contributed by atoms with Crippen LogP contribution < -0.4 is 10.5 Å². The van der Waals surface area contributed by atoms with Crippen molar-refractivity contribution >= 4 is 0 Å². The van der Waals surface area contributed by atoms with E-state index in [1.165, 1.54) is 0 Å². The standard InChI is InChI=1S/C10H17N3O/c1-4-10(11,5-2)8-9(14-3)13-7-6-12-8/h6-7H,4-5,11H2,1-3H3. The predicted molar refractivity (Wildman–Crippen MR) is 55.0 cm³/mol. The maximum Gasteiger partial charge on any atom is 0.237 e. The Morgan fingerprint density at radius 3 is 2.36 bits per heavy atom. The van der Waals surface area contributed by atoms with Crippen LogP contribution in [0.25, 0.3) is 0 Å². The molecule has 0 bridgehead atoms. The van der Waals surface area contributed by atoms with E-state index in [1.807, 2.05) is 13.8 Å². The Labute approximate surface area is 84.5 Å². The molecule has 0 fully saturated rings. The van der Waals surface area contributed by atoms with Crippen LogP contribution in [-0.4, -0.2) is 17.1 Å². The number of rotatable bonds is 4. The van der Waals surface area contributed by atoms with Gasteiger partial charge in [0.1, 0.15) is 5.69 Å². The van der Waals surface area contributed by atoms with Crippen LogP contribution in [0.3, 0.4) is 0 Å². The maximum atomic E-state index is 6.21. The maximum absolute atomic E-state index is 6.21. The average Bonchev–Trinajstić information content (AvgIpc) is 2.28. The van der Waals surface area contributed by atoms with Gasteiger partial charge in [-0.25, -0.2) is 4.98 Å². The molecule has 0 atom stereocenters. The lowest BCUT2D eigenvalue weighted by atomic mass is 9.90. The second-order valence-electron chi connectivity index (χ2n) is 3.28. The van der Waals surface area contributed by atoms with Crippen LogP contribution >= 0.6 is 0 Å². The molecule has 2 N–H and O–H groups in total. The zero-order valence-electron chi connectivity index (χ0n) is 8.95. The summed E-state index contributed by atoms with van der Waals surface area (Å²) in [6, 6.07) is 0. The fourth-order valence-corrected chi connectivity index (χ4v) is 1.40. The van der Waals surface area contributed by atoms with Gasteiger partial charge in [0.2, 0.25) is 5.88 Å². The van der Waals surface area contributed by atoms with Gasteiger partial charge in [-0.15, -0.1) is 0 Å². The molecular weight excluding hydrogens is 178 g/mol. The van der Waals surface area contributed by atoms with Crippen LogP contribution in [0.2, 0.25) is 0 Å². The number of nitrogens with zero attached hydrogens (tertiary/aromatic N) is 2. The molecule has 1 aromatic rings. The number of ether oxygens (including phenoxy) is 1. The molecule has 4 nitrogen and oxygen atoms in total. The van der Waals surface area contributed by atoms with Crippen LogP contribution in [0.1, 0.15) is 32.4 Å². The smallest absolute Gasteiger partial charge is 0.237 e. The van der Waals surface area contributed by atoms with Gasteiger partial charge < -0.3 is 10.5 Å². The average molecular weight is 195 g/mol. The summed E-state index contributed by atoms with van der Waals surface area (Å²) in [5, 5.41) is 0. The van der Waals surface area contributed by atoms with Crippen molar-refractivity contribution in [2.75, 3.05) is 7.11 Å². The van der Waals surface area contributed by atoms with Crippen molar-refractivity contribution in [1.29, 1.82) is 0 Å². The highest BCUT2D eigenvalue weighted by Crippen LogP contribution is 2.29. The van der Waals surface area contributed by atoms with Gasteiger partial charge in [0, 0.05) is 12.4 Å². The molecule has 0 unspecified atom stereocenters. The normalized spacial score (nSPS) is 11.4.